The summed E-state index contributed by atoms with van der Waals surface area (Å²) in [5.41, 5.74) is 5.39. The lowest BCUT2D eigenvalue weighted by atomic mass is 10.0. The average Bonchev–Trinajstić information content (AvgIpc) is 2.00. The molecule has 0 aromatic carbocycles. The number of aliphatic carboxylic acids is 1. The normalized spacial score (nSPS) is 17.9. The highest BCUT2D eigenvalue weighted by Crippen LogP contribution is 2.04. The Bertz CT molecular complexity index is 118. The maximum atomic E-state index is 10.6. The molecule has 0 unspecified atom stereocenters. The molecule has 0 aliphatic heterocycles. The van der Waals surface area contributed by atoms with E-state index in [1.807, 2.05) is 13.8 Å². The second-order valence-corrected chi connectivity index (χ2v) is 2.23. The molecule has 0 aromatic heterocycles. The molecule has 2 atom stereocenters. The van der Waals surface area contributed by atoms with Crippen molar-refractivity contribution in [3.8, 4) is 0 Å². The van der Waals surface area contributed by atoms with E-state index in [2.05, 4.69) is 5.11 Å². The fourth-order valence-corrected chi connectivity index (χ4v) is 0.486. The summed E-state index contributed by atoms with van der Waals surface area (Å²) in [5, 5.41) is 3.72. The van der Waals surface area contributed by atoms with Crippen LogP contribution >= 0.6 is 0 Å². The predicted molar refractivity (Wildman–Crippen MR) is 35.1 cm³/mol. The lowest BCUT2D eigenvalue weighted by molar-refractivity contribution is -0.139. The van der Waals surface area contributed by atoms with Crippen LogP contribution in [0.5, 0.6) is 0 Å². The van der Waals surface area contributed by atoms with Crippen LogP contribution in [0.1, 0.15) is 20.3 Å². The number of hydrogen-bond acceptors (Lipinski definition) is 3. The van der Waals surface area contributed by atoms with E-state index in [1.54, 1.807) is 0 Å². The summed E-state index contributed by atoms with van der Waals surface area (Å²) in [6.45, 7) is 3.78. The molecule has 0 aliphatic carbocycles. The van der Waals surface area contributed by atoms with Crippen molar-refractivity contribution in [1.29, 1.82) is 1.43 Å². The summed E-state index contributed by atoms with van der Waals surface area (Å²) in [4.78, 5) is 10.6. The van der Waals surface area contributed by atoms with Crippen molar-refractivity contribution in [3.05, 3.63) is 0 Å². The van der Waals surface area contributed by atoms with Gasteiger partial charge in [-0.1, -0.05) is 20.3 Å². The van der Waals surface area contributed by atoms with Gasteiger partial charge in [0, 0.05) is 0 Å². The van der Waals surface area contributed by atoms with Crippen LogP contribution in [0.15, 0.2) is 0 Å². The molecule has 0 bridgehead atoms. The van der Waals surface area contributed by atoms with Crippen LogP contribution in [0.4, 0.5) is 0 Å². The van der Waals surface area contributed by atoms with E-state index in [-0.39, 0.29) is 5.92 Å². The predicted octanol–water partition coefficient (Wildman–Crippen LogP) is 0.444. The van der Waals surface area contributed by atoms with Crippen LogP contribution < -0.4 is 5.73 Å². The highest BCUT2D eigenvalue weighted by atomic mass is 16.4. The van der Waals surface area contributed by atoms with Crippen molar-refractivity contribution < 1.29 is 9.90 Å². The summed E-state index contributed by atoms with van der Waals surface area (Å²) in [6.07, 6.45) is 0.816. The quantitative estimate of drug-likeness (QED) is 0.585. The van der Waals surface area contributed by atoms with Gasteiger partial charge in [0.15, 0.2) is 0 Å². The number of carboxylic acid groups (broad SMARTS) is 1. The third-order valence-electron chi connectivity index (χ3n) is 1.53. The lowest BCUT2D eigenvalue weighted by Crippen LogP contribution is -2.36. The fourth-order valence-electron chi connectivity index (χ4n) is 0.486. The first-order chi connectivity index (χ1) is 4.63. The minimum absolute atomic E-state index is 0.0813. The summed E-state index contributed by atoms with van der Waals surface area (Å²) in [6, 6.07) is -0.650. The SMILES string of the molecule is [2H]OC(=O)[C@@H](N)[C@@H](C)CC. The molecule has 0 fully saturated rings. The minimum atomic E-state index is -0.658. The summed E-state index contributed by atoms with van der Waals surface area (Å²) in [5.74, 6) is -0.577. The Kier molecular flexibility index (Phi) is 2.51. The van der Waals surface area contributed by atoms with E-state index >= 15 is 0 Å². The zero-order valence-corrected chi connectivity index (χ0v) is 5.76. The van der Waals surface area contributed by atoms with E-state index in [4.69, 9.17) is 7.16 Å². The number of hydrogen-bond donors (Lipinski definition) is 2. The maximum Gasteiger partial charge on any atom is 0.320 e. The van der Waals surface area contributed by atoms with Crippen LogP contribution in [-0.2, 0) is 4.79 Å². The topological polar surface area (TPSA) is 63.3 Å². The zero-order valence-electron chi connectivity index (χ0n) is 6.76. The molecule has 0 saturated carbocycles. The van der Waals surface area contributed by atoms with Gasteiger partial charge < -0.3 is 10.8 Å². The first kappa shape index (κ1) is 6.55. The number of carbonyl (C=O) groups is 1. The Hall–Kier alpha value is -0.570. The van der Waals surface area contributed by atoms with Crippen molar-refractivity contribution in [2.45, 2.75) is 26.3 Å². The van der Waals surface area contributed by atoms with Crippen molar-refractivity contribution in [3.63, 3.8) is 0 Å². The molecule has 54 valence electrons. The number of rotatable bonds is 3. The molecular weight excluding hydrogens is 118 g/mol. The Labute approximate surface area is 56.4 Å². The second-order valence-electron chi connectivity index (χ2n) is 2.23. The zero-order chi connectivity index (χ0) is 8.15. The molecular formula is C6H13NO2. The van der Waals surface area contributed by atoms with Gasteiger partial charge >= 0.3 is 5.97 Å². The molecule has 3 heteroatoms. The van der Waals surface area contributed by atoms with Crippen molar-refractivity contribution in [1.82, 2.24) is 0 Å². The summed E-state index contributed by atoms with van der Waals surface area (Å²) >= 11 is 0. The summed E-state index contributed by atoms with van der Waals surface area (Å²) < 4.78 is 6.28. The van der Waals surface area contributed by atoms with Gasteiger partial charge in [0.05, 0.1) is 0 Å². The maximum absolute atomic E-state index is 10.6. The second kappa shape index (κ2) is 3.45. The molecule has 3 nitrogen and oxygen atoms in total. The van der Waals surface area contributed by atoms with Crippen molar-refractivity contribution in [2.75, 3.05) is 0 Å². The van der Waals surface area contributed by atoms with Gasteiger partial charge in [0.1, 0.15) is 6.04 Å². The Morgan fingerprint density at radius 3 is 2.89 bits per heavy atom. The third-order valence-corrected chi connectivity index (χ3v) is 1.53. The average molecular weight is 132 g/mol. The Morgan fingerprint density at radius 2 is 2.56 bits per heavy atom. The van der Waals surface area contributed by atoms with Crippen LogP contribution in [0.25, 0.3) is 1.43 Å². The first-order valence-electron chi connectivity index (χ1n) is 3.46. The standard InChI is InChI=1S/C6H13NO2/c1-3-4(2)5(7)6(8)9/h4-5H,3,7H2,1-2H3,(H,8,9)/t4-,5-/m0/s1/i/hD. The van der Waals surface area contributed by atoms with Gasteiger partial charge in [0.25, 0.3) is 1.43 Å². The number of nitrogens with two attached hydrogens (primary N) is 1. The van der Waals surface area contributed by atoms with Crippen LogP contribution in [0.3, 0.4) is 0 Å². The monoisotopic (exact) mass is 132 g/mol. The fraction of sp³-hybridized carbons (Fsp3) is 0.833. The molecule has 0 aliphatic rings. The molecule has 0 heterocycles. The van der Waals surface area contributed by atoms with Crippen LogP contribution in [0, 0.1) is 5.92 Å². The molecule has 0 rings (SSSR count). The summed E-state index contributed by atoms with van der Waals surface area (Å²) in [7, 11) is 0. The largest absolute Gasteiger partial charge is 0.480 e. The van der Waals surface area contributed by atoms with Gasteiger partial charge in [-0.15, -0.1) is 0 Å². The minimum Gasteiger partial charge on any atom is -0.480 e. The highest BCUT2D eigenvalue weighted by molar-refractivity contribution is 5.73. The molecule has 0 spiro atoms. The Morgan fingerprint density at radius 1 is 2.00 bits per heavy atom. The molecule has 3 N–H and O–H groups in total. The van der Waals surface area contributed by atoms with Gasteiger partial charge in [-0.05, 0) is 5.92 Å². The third kappa shape index (κ3) is 2.46. The Balaban J connectivity index is 3.81. The van der Waals surface area contributed by atoms with Gasteiger partial charge in [-0.3, -0.25) is 4.79 Å². The van der Waals surface area contributed by atoms with Crippen LogP contribution in [0.2, 0.25) is 0 Å². The first-order valence-corrected chi connectivity index (χ1v) is 3.06. The molecule has 0 radical (unpaired) electrons. The van der Waals surface area contributed by atoms with E-state index in [9.17, 15) is 4.79 Å². The smallest absolute Gasteiger partial charge is 0.320 e. The molecule has 0 amide bonds. The lowest BCUT2D eigenvalue weighted by Gasteiger charge is -2.11. The van der Waals surface area contributed by atoms with E-state index in [1.165, 1.54) is 0 Å². The van der Waals surface area contributed by atoms with Crippen molar-refractivity contribution >= 4 is 5.97 Å². The molecule has 0 aromatic rings. The molecule has 0 saturated heterocycles. The van der Waals surface area contributed by atoms with E-state index in [0.717, 1.165) is 6.42 Å². The molecule has 9 heavy (non-hydrogen) atoms. The van der Waals surface area contributed by atoms with E-state index in [0.29, 0.717) is 0 Å². The van der Waals surface area contributed by atoms with E-state index < -0.39 is 12.0 Å². The highest BCUT2D eigenvalue weighted by Gasteiger charge is 2.17. The van der Waals surface area contributed by atoms with Crippen LogP contribution in [-0.4, -0.2) is 17.1 Å². The van der Waals surface area contributed by atoms with Gasteiger partial charge in [-0.25, -0.2) is 0 Å². The van der Waals surface area contributed by atoms with Gasteiger partial charge in [-0.2, -0.15) is 0 Å². The van der Waals surface area contributed by atoms with Gasteiger partial charge in [0.2, 0.25) is 0 Å². The number of carboxylic acids is 1. The van der Waals surface area contributed by atoms with Crippen molar-refractivity contribution in [2.24, 2.45) is 11.7 Å².